The number of amides is 1. The lowest BCUT2D eigenvalue weighted by molar-refractivity contribution is -0.147. The van der Waals surface area contributed by atoms with E-state index in [1.54, 1.807) is 28.8 Å². The molecule has 150 valence electrons. The number of benzene rings is 2. The van der Waals surface area contributed by atoms with Gasteiger partial charge in [0.15, 0.2) is 6.61 Å². The maximum absolute atomic E-state index is 12.0. The quantitative estimate of drug-likeness (QED) is 0.316. The molecule has 0 saturated carbocycles. The molecule has 3 aromatic rings. The highest BCUT2D eigenvalue weighted by molar-refractivity contribution is 7.99. The molecule has 6 nitrogen and oxygen atoms in total. The van der Waals surface area contributed by atoms with Crippen molar-refractivity contribution in [3.05, 3.63) is 78.6 Å². The van der Waals surface area contributed by atoms with Gasteiger partial charge in [0.2, 0.25) is 0 Å². The van der Waals surface area contributed by atoms with Gasteiger partial charge in [-0.1, -0.05) is 36.4 Å². The van der Waals surface area contributed by atoms with Crippen LogP contribution in [0.1, 0.15) is 12.0 Å². The number of para-hydroxylation sites is 1. The standard InChI is InChI=1S/C22H23N3O3S/c26-21(23-12-7-13-29-20-10-5-2-6-11-20)17-28-22(27)14-18-15-24-25(16-18)19-8-3-1-4-9-19/h1-6,8-11,15-16H,7,12-14,17H2,(H,23,26). The van der Waals surface area contributed by atoms with Crippen LogP contribution in [0.3, 0.4) is 0 Å². The van der Waals surface area contributed by atoms with Gasteiger partial charge in [0.1, 0.15) is 0 Å². The van der Waals surface area contributed by atoms with Crippen LogP contribution in [0.2, 0.25) is 0 Å². The van der Waals surface area contributed by atoms with Crippen LogP contribution in [0.25, 0.3) is 5.69 Å². The van der Waals surface area contributed by atoms with Crippen molar-refractivity contribution in [3.63, 3.8) is 0 Å². The van der Waals surface area contributed by atoms with Gasteiger partial charge in [-0.05, 0) is 36.4 Å². The first kappa shape index (κ1) is 20.7. The Hall–Kier alpha value is -3.06. The summed E-state index contributed by atoms with van der Waals surface area (Å²) in [5.74, 6) is 0.172. The molecule has 1 N–H and O–H groups in total. The number of nitrogens with one attached hydrogen (secondary N) is 1. The minimum absolute atomic E-state index is 0.0772. The van der Waals surface area contributed by atoms with Crippen molar-refractivity contribution in [2.24, 2.45) is 0 Å². The van der Waals surface area contributed by atoms with Crippen molar-refractivity contribution in [1.29, 1.82) is 0 Å². The van der Waals surface area contributed by atoms with E-state index >= 15 is 0 Å². The van der Waals surface area contributed by atoms with Crippen molar-refractivity contribution in [1.82, 2.24) is 15.1 Å². The highest BCUT2D eigenvalue weighted by atomic mass is 32.2. The van der Waals surface area contributed by atoms with Gasteiger partial charge >= 0.3 is 5.97 Å². The van der Waals surface area contributed by atoms with E-state index < -0.39 is 5.97 Å². The topological polar surface area (TPSA) is 73.2 Å². The monoisotopic (exact) mass is 409 g/mol. The smallest absolute Gasteiger partial charge is 0.310 e. The summed E-state index contributed by atoms with van der Waals surface area (Å²) in [6.45, 7) is 0.289. The third kappa shape index (κ3) is 7.12. The van der Waals surface area contributed by atoms with Crippen LogP contribution in [0.5, 0.6) is 0 Å². The van der Waals surface area contributed by atoms with Crippen LogP contribution in [-0.2, 0) is 20.7 Å². The van der Waals surface area contributed by atoms with Gasteiger partial charge in [0.05, 0.1) is 18.3 Å². The largest absolute Gasteiger partial charge is 0.455 e. The SMILES string of the molecule is O=C(COC(=O)Cc1cnn(-c2ccccc2)c1)NCCCSc1ccccc1. The second-order valence-corrected chi connectivity index (χ2v) is 7.50. The molecule has 0 aliphatic heterocycles. The van der Waals surface area contributed by atoms with E-state index in [0.29, 0.717) is 6.54 Å². The third-order valence-corrected chi connectivity index (χ3v) is 5.12. The lowest BCUT2D eigenvalue weighted by Crippen LogP contribution is -2.30. The first-order valence-electron chi connectivity index (χ1n) is 9.40. The van der Waals surface area contributed by atoms with Crippen molar-refractivity contribution < 1.29 is 14.3 Å². The Morgan fingerprint density at radius 1 is 1.03 bits per heavy atom. The predicted octanol–water partition coefficient (Wildman–Crippen LogP) is 3.26. The van der Waals surface area contributed by atoms with E-state index in [1.807, 2.05) is 48.5 Å². The zero-order valence-electron chi connectivity index (χ0n) is 16.0. The number of hydrogen-bond acceptors (Lipinski definition) is 5. The highest BCUT2D eigenvalue weighted by Gasteiger charge is 2.10. The van der Waals surface area contributed by atoms with E-state index in [9.17, 15) is 9.59 Å². The van der Waals surface area contributed by atoms with Gasteiger partial charge in [-0.25, -0.2) is 4.68 Å². The molecule has 0 spiro atoms. The van der Waals surface area contributed by atoms with Crippen LogP contribution in [0.15, 0.2) is 78.0 Å². The Labute approximate surface area is 174 Å². The number of esters is 1. The van der Waals surface area contributed by atoms with Crippen LogP contribution in [-0.4, -0.2) is 40.6 Å². The van der Waals surface area contributed by atoms with E-state index in [2.05, 4.69) is 22.5 Å². The molecule has 1 amide bonds. The molecule has 0 atom stereocenters. The molecule has 0 fully saturated rings. The molecule has 3 rings (SSSR count). The van der Waals surface area contributed by atoms with E-state index in [4.69, 9.17) is 4.74 Å². The van der Waals surface area contributed by atoms with Crippen LogP contribution >= 0.6 is 11.8 Å². The lowest BCUT2D eigenvalue weighted by atomic mass is 10.2. The van der Waals surface area contributed by atoms with Crippen molar-refractivity contribution in [3.8, 4) is 5.69 Å². The molecular weight excluding hydrogens is 386 g/mol. The zero-order valence-corrected chi connectivity index (χ0v) is 16.8. The predicted molar refractivity (Wildman–Crippen MR) is 113 cm³/mol. The maximum atomic E-state index is 12.0. The third-order valence-electron chi connectivity index (χ3n) is 4.02. The minimum atomic E-state index is -0.451. The molecule has 7 heteroatoms. The van der Waals surface area contributed by atoms with Gasteiger partial charge in [-0.2, -0.15) is 5.10 Å². The number of carbonyl (C=O) groups excluding carboxylic acids is 2. The molecular formula is C22H23N3O3S. The number of ether oxygens (including phenoxy) is 1. The fourth-order valence-corrected chi connectivity index (χ4v) is 3.47. The molecule has 2 aromatic carbocycles. The fourth-order valence-electron chi connectivity index (χ4n) is 2.59. The molecule has 0 unspecified atom stereocenters. The van der Waals surface area contributed by atoms with Gasteiger partial charge in [-0.15, -0.1) is 11.8 Å². The van der Waals surface area contributed by atoms with Gasteiger partial charge in [0, 0.05) is 23.2 Å². The normalized spacial score (nSPS) is 10.5. The Morgan fingerprint density at radius 2 is 1.76 bits per heavy atom. The number of thioether (sulfide) groups is 1. The van der Waals surface area contributed by atoms with Crippen molar-refractivity contribution in [2.75, 3.05) is 18.9 Å². The summed E-state index contributed by atoms with van der Waals surface area (Å²) < 4.78 is 6.75. The first-order valence-corrected chi connectivity index (χ1v) is 10.4. The molecule has 0 aliphatic rings. The summed E-state index contributed by atoms with van der Waals surface area (Å²) in [5.41, 5.74) is 1.65. The summed E-state index contributed by atoms with van der Waals surface area (Å²) in [6, 6.07) is 19.7. The Morgan fingerprint density at radius 3 is 2.52 bits per heavy atom. The maximum Gasteiger partial charge on any atom is 0.310 e. The van der Waals surface area contributed by atoms with Crippen LogP contribution in [0.4, 0.5) is 0 Å². The van der Waals surface area contributed by atoms with E-state index in [-0.39, 0.29) is 18.9 Å². The molecule has 0 bridgehead atoms. The molecule has 1 heterocycles. The summed E-state index contributed by atoms with van der Waals surface area (Å²) >= 11 is 1.75. The van der Waals surface area contributed by atoms with E-state index in [1.165, 1.54) is 4.90 Å². The van der Waals surface area contributed by atoms with Gasteiger partial charge in [0.25, 0.3) is 5.91 Å². The number of hydrogen-bond donors (Lipinski definition) is 1. The van der Waals surface area contributed by atoms with Crippen molar-refractivity contribution >= 4 is 23.6 Å². The Balaban J connectivity index is 1.30. The highest BCUT2D eigenvalue weighted by Crippen LogP contribution is 2.17. The molecule has 0 radical (unpaired) electrons. The van der Waals surface area contributed by atoms with Crippen LogP contribution in [0, 0.1) is 0 Å². The number of nitrogens with zero attached hydrogens (tertiary/aromatic N) is 2. The van der Waals surface area contributed by atoms with Gasteiger partial charge in [-0.3, -0.25) is 9.59 Å². The van der Waals surface area contributed by atoms with E-state index in [0.717, 1.165) is 23.4 Å². The van der Waals surface area contributed by atoms with Crippen LogP contribution < -0.4 is 5.32 Å². The zero-order chi connectivity index (χ0) is 20.3. The Kier molecular flexibility index (Phi) is 7.89. The molecule has 0 saturated heterocycles. The van der Waals surface area contributed by atoms with Gasteiger partial charge < -0.3 is 10.1 Å². The molecule has 1 aromatic heterocycles. The number of aromatic nitrogens is 2. The second kappa shape index (κ2) is 11.1. The second-order valence-electron chi connectivity index (χ2n) is 6.33. The molecule has 0 aliphatic carbocycles. The summed E-state index contributed by atoms with van der Waals surface area (Å²) in [7, 11) is 0. The lowest BCUT2D eigenvalue weighted by Gasteiger charge is -2.06. The minimum Gasteiger partial charge on any atom is -0.455 e. The number of rotatable bonds is 10. The Bertz CT molecular complexity index is 913. The first-order chi connectivity index (χ1) is 14.2. The average Bonchev–Trinajstić information content (AvgIpc) is 3.22. The average molecular weight is 410 g/mol. The molecule has 29 heavy (non-hydrogen) atoms. The summed E-state index contributed by atoms with van der Waals surface area (Å²) in [4.78, 5) is 25.0. The number of carbonyl (C=O) groups is 2. The summed E-state index contributed by atoms with van der Waals surface area (Å²) in [5, 5.41) is 7.01. The summed E-state index contributed by atoms with van der Waals surface area (Å²) in [6.07, 6.45) is 4.32. The fraction of sp³-hybridized carbons (Fsp3) is 0.227. The van der Waals surface area contributed by atoms with Crippen molar-refractivity contribution in [2.45, 2.75) is 17.7 Å².